The predicted octanol–water partition coefficient (Wildman–Crippen LogP) is 2.76. The molecule has 0 fully saturated rings. The first kappa shape index (κ1) is 12.7. The van der Waals surface area contributed by atoms with E-state index in [1.54, 1.807) is 24.1 Å². The first-order valence-electron chi connectivity index (χ1n) is 5.93. The Labute approximate surface area is 120 Å². The minimum Gasteiger partial charge on any atom is -0.458 e. The highest BCUT2D eigenvalue weighted by Crippen LogP contribution is 2.17. The van der Waals surface area contributed by atoms with Crippen LogP contribution in [0, 0.1) is 6.92 Å². The molecule has 0 saturated carbocycles. The lowest BCUT2D eigenvalue weighted by molar-refractivity contribution is 0.284. The average Bonchev–Trinajstić information content (AvgIpc) is 2.99. The Kier molecular flexibility index (Phi) is 3.64. The molecule has 0 aromatic carbocycles. The van der Waals surface area contributed by atoms with E-state index in [4.69, 9.17) is 4.74 Å². The summed E-state index contributed by atoms with van der Waals surface area (Å²) < 4.78 is 5.48. The fourth-order valence-corrected chi connectivity index (χ4v) is 2.12. The Morgan fingerprint density at radius 2 is 2.00 bits per heavy atom. The van der Waals surface area contributed by atoms with E-state index in [9.17, 15) is 0 Å². The molecule has 3 heterocycles. The molecule has 3 aromatic rings. The largest absolute Gasteiger partial charge is 0.458 e. The summed E-state index contributed by atoms with van der Waals surface area (Å²) >= 11 is 1.54. The summed E-state index contributed by atoms with van der Waals surface area (Å²) in [7, 11) is 0. The van der Waals surface area contributed by atoms with E-state index < -0.39 is 0 Å². The van der Waals surface area contributed by atoms with Crippen LogP contribution in [-0.2, 0) is 6.61 Å². The maximum absolute atomic E-state index is 5.48. The Bertz CT molecular complexity index is 683. The molecule has 0 amide bonds. The predicted molar refractivity (Wildman–Crippen MR) is 76.2 cm³/mol. The number of thiazole rings is 1. The smallest absolute Gasteiger partial charge is 0.316 e. The van der Waals surface area contributed by atoms with Crippen LogP contribution in [0.4, 0.5) is 0 Å². The number of ether oxygens (including phenoxy) is 1. The number of nitrogens with zero attached hydrogens (tertiary/aromatic N) is 4. The van der Waals surface area contributed by atoms with Crippen LogP contribution in [0.5, 0.6) is 6.01 Å². The molecule has 3 aromatic heterocycles. The van der Waals surface area contributed by atoms with E-state index in [0.717, 1.165) is 16.1 Å². The third kappa shape index (κ3) is 2.97. The number of hydrogen-bond acceptors (Lipinski definition) is 6. The van der Waals surface area contributed by atoms with Crippen LogP contribution in [0.1, 0.15) is 10.6 Å². The molecule has 99 valence electrons. The van der Waals surface area contributed by atoms with Gasteiger partial charge in [-0.2, -0.15) is 0 Å². The van der Waals surface area contributed by atoms with Crippen molar-refractivity contribution < 1.29 is 4.74 Å². The van der Waals surface area contributed by atoms with Gasteiger partial charge in [0.25, 0.3) is 0 Å². The molecule has 0 aliphatic rings. The van der Waals surface area contributed by atoms with Gasteiger partial charge in [-0.3, -0.25) is 9.97 Å². The Balaban J connectivity index is 1.71. The highest BCUT2D eigenvalue weighted by Gasteiger charge is 2.03. The first-order valence-corrected chi connectivity index (χ1v) is 6.81. The van der Waals surface area contributed by atoms with Crippen molar-refractivity contribution in [2.24, 2.45) is 0 Å². The van der Waals surface area contributed by atoms with Crippen LogP contribution in [-0.4, -0.2) is 19.9 Å². The van der Waals surface area contributed by atoms with E-state index >= 15 is 0 Å². The maximum Gasteiger partial charge on any atom is 0.316 e. The summed E-state index contributed by atoms with van der Waals surface area (Å²) in [5.41, 5.74) is 4.11. The van der Waals surface area contributed by atoms with Gasteiger partial charge in [-0.1, -0.05) is 6.07 Å². The zero-order valence-electron chi connectivity index (χ0n) is 10.6. The lowest BCUT2D eigenvalue weighted by Gasteiger charge is -2.04. The molecule has 0 atom stereocenters. The van der Waals surface area contributed by atoms with Crippen LogP contribution >= 0.6 is 11.3 Å². The molecular formula is C14H11N4OS. The molecule has 0 aliphatic carbocycles. The highest BCUT2D eigenvalue weighted by atomic mass is 32.1. The summed E-state index contributed by atoms with van der Waals surface area (Å²) in [6.07, 6.45) is 5.15. The van der Waals surface area contributed by atoms with Crippen LogP contribution in [0.15, 0.2) is 42.3 Å². The minimum atomic E-state index is 0.341. The zero-order chi connectivity index (χ0) is 13.8. The van der Waals surface area contributed by atoms with Crippen molar-refractivity contribution in [1.82, 2.24) is 19.9 Å². The van der Waals surface area contributed by atoms with E-state index in [1.165, 1.54) is 11.3 Å². The van der Waals surface area contributed by atoms with E-state index in [2.05, 4.69) is 26.9 Å². The van der Waals surface area contributed by atoms with Crippen LogP contribution in [0.2, 0.25) is 0 Å². The van der Waals surface area contributed by atoms with Crippen molar-refractivity contribution in [1.29, 1.82) is 0 Å². The molecule has 1 radical (unpaired) electrons. The number of rotatable bonds is 4. The summed E-state index contributed by atoms with van der Waals surface area (Å²) in [5.74, 6) is 0. The van der Waals surface area contributed by atoms with Gasteiger partial charge in [-0.15, -0.1) is 11.3 Å². The fraction of sp³-hybridized carbons (Fsp3) is 0.0714. The second-order valence-electron chi connectivity index (χ2n) is 4.02. The van der Waals surface area contributed by atoms with Gasteiger partial charge in [-0.25, -0.2) is 9.97 Å². The van der Waals surface area contributed by atoms with Gasteiger partial charge < -0.3 is 4.74 Å². The van der Waals surface area contributed by atoms with Gasteiger partial charge in [0.2, 0.25) is 0 Å². The van der Waals surface area contributed by atoms with Crippen molar-refractivity contribution in [2.45, 2.75) is 6.61 Å². The van der Waals surface area contributed by atoms with Gasteiger partial charge in [0.1, 0.15) is 6.61 Å². The zero-order valence-corrected chi connectivity index (χ0v) is 11.4. The van der Waals surface area contributed by atoms with Gasteiger partial charge >= 0.3 is 6.01 Å². The number of aromatic nitrogens is 4. The van der Waals surface area contributed by atoms with Gasteiger partial charge in [0.15, 0.2) is 0 Å². The molecule has 0 N–H and O–H groups in total. The quantitative estimate of drug-likeness (QED) is 0.736. The molecule has 6 heteroatoms. The van der Waals surface area contributed by atoms with Gasteiger partial charge in [0.05, 0.1) is 16.1 Å². The maximum atomic E-state index is 5.48. The second kappa shape index (κ2) is 5.75. The molecule has 3 rings (SSSR count). The van der Waals surface area contributed by atoms with E-state index in [-0.39, 0.29) is 0 Å². The third-order valence-corrected chi connectivity index (χ3v) is 3.31. The molecule has 0 aliphatic heterocycles. The van der Waals surface area contributed by atoms with Crippen molar-refractivity contribution in [3.63, 3.8) is 0 Å². The summed E-state index contributed by atoms with van der Waals surface area (Å²) in [6, 6.07) is 5.98. The third-order valence-electron chi connectivity index (χ3n) is 2.56. The fourth-order valence-electron chi connectivity index (χ4n) is 1.61. The second-order valence-corrected chi connectivity index (χ2v) is 5.00. The summed E-state index contributed by atoms with van der Waals surface area (Å²) in [6.45, 7) is 4.23. The van der Waals surface area contributed by atoms with Crippen LogP contribution < -0.4 is 4.74 Å². The Morgan fingerprint density at radius 1 is 1.15 bits per heavy atom. The lowest BCUT2D eigenvalue weighted by Crippen LogP contribution is -1.98. The normalized spacial score (nSPS) is 10.4. The molecule has 0 unspecified atom stereocenters. The van der Waals surface area contributed by atoms with E-state index in [0.29, 0.717) is 18.3 Å². The van der Waals surface area contributed by atoms with Crippen LogP contribution in [0.3, 0.4) is 0 Å². The topological polar surface area (TPSA) is 60.8 Å². The molecule has 20 heavy (non-hydrogen) atoms. The monoisotopic (exact) mass is 283 g/mol. The Hall–Kier alpha value is -2.34. The van der Waals surface area contributed by atoms with Crippen molar-refractivity contribution in [2.75, 3.05) is 0 Å². The van der Waals surface area contributed by atoms with Gasteiger partial charge in [-0.05, 0) is 19.1 Å². The van der Waals surface area contributed by atoms with Crippen molar-refractivity contribution in [3.8, 4) is 17.3 Å². The molecule has 0 bridgehead atoms. The van der Waals surface area contributed by atoms with Crippen molar-refractivity contribution in [3.05, 3.63) is 59.8 Å². The summed E-state index contributed by atoms with van der Waals surface area (Å²) in [4.78, 5) is 17.7. The van der Waals surface area contributed by atoms with Crippen molar-refractivity contribution >= 4 is 11.3 Å². The summed E-state index contributed by atoms with van der Waals surface area (Å²) in [5, 5.41) is 0. The van der Waals surface area contributed by atoms with E-state index in [1.807, 2.05) is 18.2 Å². The number of pyridine rings is 1. The standard InChI is InChI=1S/C14H11N4OS/c1-10-3-2-4-13(18-10)11-5-16-14(17-6-11)19-8-12-7-15-9-20-12/h2-7,9H,1,8H2. The van der Waals surface area contributed by atoms with Gasteiger partial charge in [0, 0.05) is 29.8 Å². The highest BCUT2D eigenvalue weighted by molar-refractivity contribution is 7.09. The minimum absolute atomic E-state index is 0.341. The molecule has 0 spiro atoms. The first-order chi connectivity index (χ1) is 9.81. The molecular weight excluding hydrogens is 272 g/mol. The lowest BCUT2D eigenvalue weighted by atomic mass is 10.2. The van der Waals surface area contributed by atoms with Crippen LogP contribution in [0.25, 0.3) is 11.3 Å². The number of hydrogen-bond donors (Lipinski definition) is 0. The SMILES string of the molecule is [CH2]c1cccc(-c2cnc(OCc3cncs3)nc2)n1. The molecule has 0 saturated heterocycles. The molecule has 5 nitrogen and oxygen atoms in total. The average molecular weight is 283 g/mol. The Morgan fingerprint density at radius 3 is 2.70 bits per heavy atom.